The van der Waals surface area contributed by atoms with Crippen LogP contribution in [0.3, 0.4) is 0 Å². The quantitative estimate of drug-likeness (QED) is 0.691. The molecule has 0 amide bonds. The number of rotatable bonds is 8. The molecule has 0 aromatic carbocycles. The van der Waals surface area contributed by atoms with Crippen LogP contribution >= 0.6 is 0 Å². The highest BCUT2D eigenvalue weighted by atomic mass is 16.5. The molecule has 4 nitrogen and oxygen atoms in total. The van der Waals surface area contributed by atoms with Gasteiger partial charge in [0.05, 0.1) is 19.1 Å². The van der Waals surface area contributed by atoms with Crippen LogP contribution in [0.4, 0.5) is 0 Å². The number of aromatic nitrogens is 1. The Morgan fingerprint density at radius 2 is 2.23 bits per heavy atom. The fourth-order valence-corrected chi connectivity index (χ4v) is 2.45. The van der Waals surface area contributed by atoms with Crippen molar-refractivity contribution in [2.75, 3.05) is 13.2 Å². The molecule has 0 bridgehead atoms. The van der Waals surface area contributed by atoms with Crippen LogP contribution in [0.1, 0.15) is 37.4 Å². The largest absolute Gasteiger partial charge is 0.474 e. The highest BCUT2D eigenvalue weighted by Crippen LogP contribution is 2.17. The zero-order chi connectivity index (χ0) is 15.9. The predicted octanol–water partition coefficient (Wildman–Crippen LogP) is 3.41. The number of carbonyl (C=O) groups excluding carboxylic acids is 1. The van der Waals surface area contributed by atoms with Crippen molar-refractivity contribution in [1.82, 2.24) is 4.98 Å². The van der Waals surface area contributed by atoms with Gasteiger partial charge in [-0.15, -0.1) is 0 Å². The van der Waals surface area contributed by atoms with Crippen LogP contribution in [0.25, 0.3) is 0 Å². The van der Waals surface area contributed by atoms with Crippen LogP contribution in [0, 0.1) is 19.8 Å². The summed E-state index contributed by atoms with van der Waals surface area (Å²) in [4.78, 5) is 16.2. The number of nitrogens with zero attached hydrogens (tertiary/aromatic N) is 1. The number of ketones is 1. The summed E-state index contributed by atoms with van der Waals surface area (Å²) >= 11 is 0. The smallest absolute Gasteiger partial charge is 0.213 e. The van der Waals surface area contributed by atoms with Crippen molar-refractivity contribution in [3.63, 3.8) is 0 Å². The molecule has 1 fully saturated rings. The van der Waals surface area contributed by atoms with E-state index in [1.54, 1.807) is 6.08 Å². The maximum absolute atomic E-state index is 11.8. The number of hydrogen-bond acceptors (Lipinski definition) is 4. The maximum atomic E-state index is 11.8. The average Bonchev–Trinajstić information content (AvgIpc) is 2.35. The number of ether oxygens (including phenoxy) is 2. The second-order valence-corrected chi connectivity index (χ2v) is 5.93. The second-order valence-electron chi connectivity index (χ2n) is 5.93. The SMILES string of the molecule is CCC[C@H](C/C=C/C(=O)C1COC1)Oc1cc(C)cc(C)n1. The van der Waals surface area contributed by atoms with E-state index in [-0.39, 0.29) is 17.8 Å². The highest BCUT2D eigenvalue weighted by molar-refractivity contribution is 5.92. The first-order valence-corrected chi connectivity index (χ1v) is 7.98. The zero-order valence-corrected chi connectivity index (χ0v) is 13.7. The molecule has 2 rings (SSSR count). The number of allylic oxidation sites excluding steroid dienone is 1. The lowest BCUT2D eigenvalue weighted by Crippen LogP contribution is -2.33. The minimum Gasteiger partial charge on any atom is -0.474 e. The third-order valence-corrected chi connectivity index (χ3v) is 3.69. The van der Waals surface area contributed by atoms with Gasteiger partial charge in [0.15, 0.2) is 5.78 Å². The molecule has 4 heteroatoms. The van der Waals surface area contributed by atoms with Crippen LogP contribution in [-0.2, 0) is 9.53 Å². The molecule has 0 aliphatic carbocycles. The Balaban J connectivity index is 1.91. The van der Waals surface area contributed by atoms with Gasteiger partial charge in [-0.1, -0.05) is 19.4 Å². The number of pyridine rings is 1. The predicted molar refractivity (Wildman–Crippen MR) is 86.1 cm³/mol. The Kier molecular flexibility index (Phi) is 6.13. The summed E-state index contributed by atoms with van der Waals surface area (Å²) in [5.74, 6) is 0.886. The minimum absolute atomic E-state index is 0.0559. The van der Waals surface area contributed by atoms with Crippen molar-refractivity contribution >= 4 is 5.78 Å². The Morgan fingerprint density at radius 1 is 1.45 bits per heavy atom. The van der Waals surface area contributed by atoms with Crippen molar-refractivity contribution in [2.24, 2.45) is 5.92 Å². The van der Waals surface area contributed by atoms with Gasteiger partial charge in [0.25, 0.3) is 0 Å². The van der Waals surface area contributed by atoms with E-state index in [4.69, 9.17) is 9.47 Å². The molecule has 1 aliphatic rings. The molecule has 1 atom stereocenters. The summed E-state index contributed by atoms with van der Waals surface area (Å²) in [5, 5.41) is 0. The lowest BCUT2D eigenvalue weighted by atomic mass is 10.0. The van der Waals surface area contributed by atoms with Crippen molar-refractivity contribution < 1.29 is 14.3 Å². The van der Waals surface area contributed by atoms with Gasteiger partial charge >= 0.3 is 0 Å². The van der Waals surface area contributed by atoms with Crippen LogP contribution in [0.15, 0.2) is 24.3 Å². The second kappa shape index (κ2) is 8.08. The van der Waals surface area contributed by atoms with Crippen LogP contribution in [0.2, 0.25) is 0 Å². The number of aryl methyl sites for hydroxylation is 2. The van der Waals surface area contributed by atoms with E-state index >= 15 is 0 Å². The van der Waals surface area contributed by atoms with Crippen LogP contribution in [0.5, 0.6) is 5.88 Å². The summed E-state index contributed by atoms with van der Waals surface area (Å²) in [5.41, 5.74) is 2.11. The van der Waals surface area contributed by atoms with E-state index in [1.807, 2.05) is 32.1 Å². The molecule has 0 radical (unpaired) electrons. The fraction of sp³-hybridized carbons (Fsp3) is 0.556. The Labute approximate surface area is 132 Å². The summed E-state index contributed by atoms with van der Waals surface area (Å²) in [6.07, 6.45) is 6.35. The molecule has 120 valence electrons. The number of hydrogen-bond donors (Lipinski definition) is 0. The van der Waals surface area contributed by atoms with E-state index in [0.29, 0.717) is 19.1 Å². The molecule has 0 N–H and O–H groups in total. The number of carbonyl (C=O) groups is 1. The summed E-state index contributed by atoms with van der Waals surface area (Å²) in [6.45, 7) is 7.25. The molecule has 1 aromatic rings. The first-order valence-electron chi connectivity index (χ1n) is 7.98. The van der Waals surface area contributed by atoms with Gasteiger partial charge in [-0.05, 0) is 38.0 Å². The molecule has 1 aliphatic heterocycles. The highest BCUT2D eigenvalue weighted by Gasteiger charge is 2.24. The molecular weight excluding hydrogens is 278 g/mol. The molecule has 0 spiro atoms. The normalized spacial score (nSPS) is 16.5. The van der Waals surface area contributed by atoms with Crippen molar-refractivity contribution in [1.29, 1.82) is 0 Å². The van der Waals surface area contributed by atoms with Crippen molar-refractivity contribution in [2.45, 2.75) is 46.1 Å². The topological polar surface area (TPSA) is 48.4 Å². The summed E-state index contributed by atoms with van der Waals surface area (Å²) in [6, 6.07) is 3.98. The van der Waals surface area contributed by atoms with Gasteiger partial charge in [-0.3, -0.25) is 4.79 Å². The summed E-state index contributed by atoms with van der Waals surface area (Å²) in [7, 11) is 0. The van der Waals surface area contributed by atoms with Crippen LogP contribution in [-0.4, -0.2) is 30.1 Å². The minimum atomic E-state index is 0.0559. The Hall–Kier alpha value is -1.68. The van der Waals surface area contributed by atoms with Gasteiger partial charge in [0.2, 0.25) is 5.88 Å². The van der Waals surface area contributed by atoms with E-state index < -0.39 is 0 Å². The molecule has 1 saturated heterocycles. The first kappa shape index (κ1) is 16.7. The average molecular weight is 303 g/mol. The Bertz CT molecular complexity index is 515. The van der Waals surface area contributed by atoms with Gasteiger partial charge in [0, 0.05) is 18.2 Å². The lowest BCUT2D eigenvalue weighted by Gasteiger charge is -2.23. The molecule has 0 unspecified atom stereocenters. The van der Waals surface area contributed by atoms with E-state index in [0.717, 1.165) is 30.5 Å². The summed E-state index contributed by atoms with van der Waals surface area (Å²) < 4.78 is 11.0. The lowest BCUT2D eigenvalue weighted by molar-refractivity contribution is -0.131. The molecule has 2 heterocycles. The third-order valence-electron chi connectivity index (χ3n) is 3.69. The molecule has 1 aromatic heterocycles. The van der Waals surface area contributed by atoms with Crippen molar-refractivity contribution in [3.8, 4) is 5.88 Å². The molecular formula is C18H25NO3. The monoisotopic (exact) mass is 303 g/mol. The standard InChI is InChI=1S/C18H25NO3/c1-4-6-16(7-5-8-17(20)15-11-21-12-15)22-18-10-13(2)9-14(3)19-18/h5,8-10,15-16H,4,6-7,11-12H2,1-3H3/b8-5+/t16-/m1/s1. The van der Waals surface area contributed by atoms with Crippen LogP contribution < -0.4 is 4.74 Å². The maximum Gasteiger partial charge on any atom is 0.213 e. The Morgan fingerprint density at radius 3 is 2.82 bits per heavy atom. The van der Waals surface area contributed by atoms with Gasteiger partial charge < -0.3 is 9.47 Å². The van der Waals surface area contributed by atoms with E-state index in [1.165, 1.54) is 0 Å². The zero-order valence-electron chi connectivity index (χ0n) is 13.7. The third kappa shape index (κ3) is 4.95. The first-order chi connectivity index (χ1) is 10.6. The van der Waals surface area contributed by atoms with Gasteiger partial charge in [-0.25, -0.2) is 4.98 Å². The van der Waals surface area contributed by atoms with Gasteiger partial charge in [0.1, 0.15) is 6.10 Å². The molecule has 0 saturated carbocycles. The fourth-order valence-electron chi connectivity index (χ4n) is 2.45. The van der Waals surface area contributed by atoms with E-state index in [2.05, 4.69) is 11.9 Å². The molecule has 22 heavy (non-hydrogen) atoms. The van der Waals surface area contributed by atoms with E-state index in [9.17, 15) is 4.79 Å². The van der Waals surface area contributed by atoms with Gasteiger partial charge in [-0.2, -0.15) is 0 Å². The van der Waals surface area contributed by atoms with Crippen molar-refractivity contribution in [3.05, 3.63) is 35.5 Å².